The highest BCUT2D eigenvalue weighted by Crippen LogP contribution is 2.22. The quantitative estimate of drug-likeness (QED) is 0.709. The van der Waals surface area contributed by atoms with Crippen LogP contribution in [0.5, 0.6) is 5.75 Å². The van der Waals surface area contributed by atoms with E-state index in [1.807, 2.05) is 68.6 Å². The summed E-state index contributed by atoms with van der Waals surface area (Å²) in [5.41, 5.74) is 1.58. The maximum absolute atomic E-state index is 13.0. The third-order valence-electron chi connectivity index (χ3n) is 4.57. The molecule has 1 heterocycles. The average molecular weight is 334 g/mol. The number of aromatic nitrogens is 1. The zero-order valence-corrected chi connectivity index (χ0v) is 14.8. The fourth-order valence-electron chi connectivity index (χ4n) is 2.98. The number of likely N-dealkylation sites (N-methyl/N-ethyl adjacent to an activating group) is 1. The number of carbonyl (C=O) groups is 1. The molecule has 128 valence electrons. The number of hydrogen-bond donors (Lipinski definition) is 0. The normalized spacial score (nSPS) is 12.0. The molecule has 0 aliphatic carbocycles. The smallest absolute Gasteiger partial charge is 0.273 e. The molecule has 0 bridgehead atoms. The van der Waals surface area contributed by atoms with Gasteiger partial charge in [0.15, 0.2) is 0 Å². The Morgan fingerprint density at radius 1 is 1.12 bits per heavy atom. The molecule has 0 unspecified atom stereocenters. The molecule has 2 aromatic carbocycles. The lowest BCUT2D eigenvalue weighted by atomic mass is 10.0. The van der Waals surface area contributed by atoms with Crippen molar-refractivity contribution in [3.05, 3.63) is 72.1 Å². The van der Waals surface area contributed by atoms with Gasteiger partial charge in [0.1, 0.15) is 11.4 Å². The van der Waals surface area contributed by atoms with Crippen LogP contribution >= 0.6 is 0 Å². The SMILES string of the molecule is COc1ccccc1C[C@H](C)N(C)C(=O)c1nccc2ccccc12. The Balaban J connectivity index is 1.84. The summed E-state index contributed by atoms with van der Waals surface area (Å²) < 4.78 is 5.41. The van der Waals surface area contributed by atoms with E-state index in [1.54, 1.807) is 18.2 Å². The van der Waals surface area contributed by atoms with Crippen molar-refractivity contribution in [2.45, 2.75) is 19.4 Å². The Kier molecular flexibility index (Phi) is 4.98. The molecule has 0 saturated heterocycles. The maximum Gasteiger partial charge on any atom is 0.273 e. The van der Waals surface area contributed by atoms with Gasteiger partial charge in [0.25, 0.3) is 5.91 Å². The lowest BCUT2D eigenvalue weighted by molar-refractivity contribution is 0.0739. The van der Waals surface area contributed by atoms with Gasteiger partial charge < -0.3 is 9.64 Å². The summed E-state index contributed by atoms with van der Waals surface area (Å²) in [5, 5.41) is 1.90. The van der Waals surface area contributed by atoms with Crippen molar-refractivity contribution >= 4 is 16.7 Å². The summed E-state index contributed by atoms with van der Waals surface area (Å²) >= 11 is 0. The van der Waals surface area contributed by atoms with Crippen molar-refractivity contribution in [1.29, 1.82) is 0 Å². The number of para-hydroxylation sites is 1. The van der Waals surface area contributed by atoms with Gasteiger partial charge in [-0.2, -0.15) is 0 Å². The highest BCUT2D eigenvalue weighted by atomic mass is 16.5. The Hall–Kier alpha value is -2.88. The number of fused-ring (bicyclic) bond motifs is 1. The monoisotopic (exact) mass is 334 g/mol. The highest BCUT2D eigenvalue weighted by Gasteiger charge is 2.21. The number of pyridine rings is 1. The van der Waals surface area contributed by atoms with E-state index in [-0.39, 0.29) is 11.9 Å². The van der Waals surface area contributed by atoms with Gasteiger partial charge in [-0.25, -0.2) is 0 Å². The van der Waals surface area contributed by atoms with Crippen molar-refractivity contribution in [2.24, 2.45) is 0 Å². The molecule has 1 amide bonds. The van der Waals surface area contributed by atoms with E-state index < -0.39 is 0 Å². The lowest BCUT2D eigenvalue weighted by Crippen LogP contribution is -2.37. The molecular weight excluding hydrogens is 312 g/mol. The van der Waals surface area contributed by atoms with Crippen LogP contribution in [0.3, 0.4) is 0 Å². The summed E-state index contributed by atoms with van der Waals surface area (Å²) in [6.07, 6.45) is 2.41. The van der Waals surface area contributed by atoms with Crippen LogP contribution in [0.2, 0.25) is 0 Å². The number of methoxy groups -OCH3 is 1. The van der Waals surface area contributed by atoms with Gasteiger partial charge in [-0.05, 0) is 36.4 Å². The Labute approximate surface area is 148 Å². The number of amides is 1. The van der Waals surface area contributed by atoms with E-state index >= 15 is 0 Å². The lowest BCUT2D eigenvalue weighted by Gasteiger charge is -2.25. The molecule has 0 radical (unpaired) electrons. The number of carbonyl (C=O) groups excluding carboxylic acids is 1. The largest absolute Gasteiger partial charge is 0.496 e. The van der Waals surface area contributed by atoms with Gasteiger partial charge in [-0.15, -0.1) is 0 Å². The molecule has 1 atom stereocenters. The molecule has 1 aromatic heterocycles. The van der Waals surface area contributed by atoms with Crippen LogP contribution in [0.15, 0.2) is 60.8 Å². The molecule has 0 saturated carbocycles. The second-order valence-corrected chi connectivity index (χ2v) is 6.16. The molecule has 0 N–H and O–H groups in total. The molecule has 3 rings (SSSR count). The molecule has 0 spiro atoms. The van der Waals surface area contributed by atoms with Crippen LogP contribution in [-0.4, -0.2) is 36.0 Å². The zero-order chi connectivity index (χ0) is 17.8. The molecular formula is C21H22N2O2. The number of rotatable bonds is 5. The summed E-state index contributed by atoms with van der Waals surface area (Å²) in [7, 11) is 3.49. The van der Waals surface area contributed by atoms with Gasteiger partial charge in [0.2, 0.25) is 0 Å². The molecule has 0 aliphatic rings. The van der Waals surface area contributed by atoms with Crippen LogP contribution in [0.4, 0.5) is 0 Å². The van der Waals surface area contributed by atoms with Crippen LogP contribution in [-0.2, 0) is 6.42 Å². The summed E-state index contributed by atoms with van der Waals surface area (Å²) in [6.45, 7) is 2.04. The Morgan fingerprint density at radius 2 is 1.84 bits per heavy atom. The second-order valence-electron chi connectivity index (χ2n) is 6.16. The molecule has 0 aliphatic heterocycles. The Bertz CT molecular complexity index is 886. The van der Waals surface area contributed by atoms with Crippen LogP contribution in [0.1, 0.15) is 23.0 Å². The van der Waals surface area contributed by atoms with Crippen LogP contribution in [0, 0.1) is 0 Å². The third kappa shape index (κ3) is 3.48. The van der Waals surface area contributed by atoms with Crippen LogP contribution in [0.25, 0.3) is 10.8 Å². The predicted molar refractivity (Wildman–Crippen MR) is 100.0 cm³/mol. The minimum Gasteiger partial charge on any atom is -0.496 e. The zero-order valence-electron chi connectivity index (χ0n) is 14.8. The van der Waals surface area contributed by atoms with Gasteiger partial charge >= 0.3 is 0 Å². The molecule has 4 nitrogen and oxygen atoms in total. The van der Waals surface area contributed by atoms with Gasteiger partial charge in [0, 0.05) is 24.7 Å². The molecule has 3 aromatic rings. The summed E-state index contributed by atoms with van der Waals surface area (Å²) in [4.78, 5) is 19.1. The maximum atomic E-state index is 13.0. The fraction of sp³-hybridized carbons (Fsp3) is 0.238. The third-order valence-corrected chi connectivity index (χ3v) is 4.57. The minimum atomic E-state index is -0.0702. The highest BCUT2D eigenvalue weighted by molar-refractivity contribution is 6.05. The molecule has 25 heavy (non-hydrogen) atoms. The summed E-state index contributed by atoms with van der Waals surface area (Å²) in [5.74, 6) is 0.776. The van der Waals surface area contributed by atoms with Crippen LogP contribution < -0.4 is 4.74 Å². The number of ether oxygens (including phenoxy) is 1. The number of benzene rings is 2. The van der Waals surface area contributed by atoms with Gasteiger partial charge in [0.05, 0.1) is 7.11 Å². The predicted octanol–water partition coefficient (Wildman–Crippen LogP) is 3.95. The molecule has 4 heteroatoms. The van der Waals surface area contributed by atoms with E-state index in [2.05, 4.69) is 4.98 Å². The summed E-state index contributed by atoms with van der Waals surface area (Å²) in [6, 6.07) is 17.7. The van der Waals surface area contributed by atoms with E-state index in [0.29, 0.717) is 5.69 Å². The minimum absolute atomic E-state index is 0.0181. The first-order chi connectivity index (χ1) is 12.1. The van der Waals surface area contributed by atoms with E-state index in [1.165, 1.54) is 0 Å². The van der Waals surface area contributed by atoms with E-state index in [9.17, 15) is 4.79 Å². The van der Waals surface area contributed by atoms with Crippen molar-refractivity contribution < 1.29 is 9.53 Å². The van der Waals surface area contributed by atoms with Crippen molar-refractivity contribution in [1.82, 2.24) is 9.88 Å². The van der Waals surface area contributed by atoms with Crippen molar-refractivity contribution in [2.75, 3.05) is 14.2 Å². The van der Waals surface area contributed by atoms with Gasteiger partial charge in [-0.3, -0.25) is 9.78 Å². The fourth-order valence-corrected chi connectivity index (χ4v) is 2.98. The average Bonchev–Trinajstić information content (AvgIpc) is 2.66. The van der Waals surface area contributed by atoms with Crippen molar-refractivity contribution in [3.63, 3.8) is 0 Å². The second kappa shape index (κ2) is 7.34. The number of nitrogens with zero attached hydrogens (tertiary/aromatic N) is 2. The standard InChI is InChI=1S/C21H22N2O2/c1-15(14-17-9-5-7-11-19(17)25-3)23(2)21(24)20-18-10-6-4-8-16(18)12-13-22-20/h4-13,15H,14H2,1-3H3/t15-/m0/s1. The van der Waals surface area contributed by atoms with E-state index in [0.717, 1.165) is 28.5 Å². The number of hydrogen-bond acceptors (Lipinski definition) is 3. The van der Waals surface area contributed by atoms with Gasteiger partial charge in [-0.1, -0.05) is 42.5 Å². The topological polar surface area (TPSA) is 42.4 Å². The van der Waals surface area contributed by atoms with E-state index in [4.69, 9.17) is 4.74 Å². The van der Waals surface area contributed by atoms with Crippen molar-refractivity contribution in [3.8, 4) is 5.75 Å². The first kappa shape index (κ1) is 17.0. The Morgan fingerprint density at radius 3 is 2.64 bits per heavy atom. The molecule has 0 fully saturated rings. The first-order valence-corrected chi connectivity index (χ1v) is 8.34. The first-order valence-electron chi connectivity index (χ1n) is 8.34.